The Labute approximate surface area is 787 Å². The number of nitrogens with two attached hydrogens (primary N) is 4. The van der Waals surface area contributed by atoms with Crippen LogP contribution in [0, 0.1) is 0 Å². The SMILES string of the molecule is CC(=O)OC1=NN(C(C)C)c2cc3cnc(Nc4ccc(S(N)(=O)=O)cn4)nc3n2C12CCCCC2.CC(=O)OC1=NN(C2CC2)c2cc3cnc(Nc4ccc(S(N)(=O)=O)cn4)nc3n2C12CCCCC2.CCN1N=C(OC)C2(CCCCC2)n2c1cc1cnc(Nc3ccc(S(N)(=O)=O)nc3)nc12.COC1=NN(C)c2cc3cnc(Nc4ccc(S(N)(=O)=O)nc4)nc3n2C12CCCCC2. The number of aromatic nitrogens is 16. The summed E-state index contributed by atoms with van der Waals surface area (Å²) in [7, 11) is -10.2. The molecule has 12 aromatic heterocycles. The lowest BCUT2D eigenvalue weighted by atomic mass is 9.80. The predicted octanol–water partition coefficient (Wildman–Crippen LogP) is 10.7. The van der Waals surface area contributed by atoms with E-state index in [1.165, 1.54) is 87.9 Å². The highest BCUT2D eigenvalue weighted by atomic mass is 32.2. The third kappa shape index (κ3) is 18.3. The van der Waals surface area contributed by atoms with Gasteiger partial charge in [0.2, 0.25) is 67.4 Å². The second kappa shape index (κ2) is 36.8. The maximum atomic E-state index is 12.1. The molecule has 9 aliphatic rings. The number of carbonyl (C=O) groups is 2. The van der Waals surface area contributed by atoms with Crippen LogP contribution in [-0.4, -0.2) is 187 Å². The van der Waals surface area contributed by atoms with Gasteiger partial charge in [0.15, 0.2) is 10.1 Å². The van der Waals surface area contributed by atoms with Crippen LogP contribution in [0.2, 0.25) is 0 Å². The van der Waals surface area contributed by atoms with Gasteiger partial charge in [-0.25, -0.2) is 114 Å². The van der Waals surface area contributed by atoms with E-state index < -0.39 is 57.1 Å². The molecule has 16 heterocycles. The zero-order valence-electron chi connectivity index (χ0n) is 76.4. The van der Waals surface area contributed by atoms with Gasteiger partial charge in [0, 0.05) is 92.2 Å². The van der Waals surface area contributed by atoms with Gasteiger partial charge >= 0.3 is 11.9 Å². The van der Waals surface area contributed by atoms with Crippen molar-refractivity contribution in [1.82, 2.24) is 78.1 Å². The van der Waals surface area contributed by atoms with E-state index in [1.54, 1.807) is 51.1 Å². The average Bonchev–Trinajstić information content (AvgIpc) is 1.61. The molecule has 5 aliphatic carbocycles. The molecule has 0 atom stereocenters. The number of primary sulfonamides is 4. The van der Waals surface area contributed by atoms with Gasteiger partial charge in [0.25, 0.3) is 20.0 Å². The van der Waals surface area contributed by atoms with Gasteiger partial charge in [-0.1, -0.05) is 77.0 Å². The van der Waals surface area contributed by atoms with E-state index in [-0.39, 0.29) is 54.9 Å². The largest absolute Gasteiger partial charge is 0.481 e. The van der Waals surface area contributed by atoms with Crippen LogP contribution in [0.4, 0.5) is 70.1 Å². The number of carbonyl (C=O) groups excluding carboxylic acids is 2. The summed E-state index contributed by atoms with van der Waals surface area (Å²) in [5.41, 5.74) is 2.07. The molecule has 137 heavy (non-hydrogen) atoms. The van der Waals surface area contributed by atoms with Gasteiger partial charge in [0.1, 0.15) is 89.4 Å². The van der Waals surface area contributed by atoms with Crippen LogP contribution in [0.25, 0.3) is 44.1 Å². The highest BCUT2D eigenvalue weighted by molar-refractivity contribution is 7.90. The zero-order chi connectivity index (χ0) is 96.5. The number of hydrazone groups is 4. The summed E-state index contributed by atoms with van der Waals surface area (Å²) in [5, 5.41) is 62.7. The number of nitrogens with one attached hydrogen (secondary N) is 4. The topological polar surface area (TPSA) is 597 Å². The Hall–Kier alpha value is -13.7. The van der Waals surface area contributed by atoms with Gasteiger partial charge in [-0.3, -0.25) is 27.9 Å². The third-order valence-electron chi connectivity index (χ3n) is 25.8. The van der Waals surface area contributed by atoms with Crippen molar-refractivity contribution in [3.05, 3.63) is 122 Å². The molecule has 12 N–H and O–H groups in total. The van der Waals surface area contributed by atoms with Crippen molar-refractivity contribution in [2.75, 3.05) is 69.1 Å². The number of esters is 2. The van der Waals surface area contributed by atoms with E-state index in [1.807, 2.05) is 59.1 Å². The lowest BCUT2D eigenvalue weighted by Gasteiger charge is -2.44. The Kier molecular flexibility index (Phi) is 25.2. The molecule has 720 valence electrons. The number of fused-ring (bicyclic) bond motifs is 16. The summed E-state index contributed by atoms with van der Waals surface area (Å²) in [6, 6.07) is 20.0. The van der Waals surface area contributed by atoms with E-state index in [0.29, 0.717) is 82.3 Å². The van der Waals surface area contributed by atoms with Crippen molar-refractivity contribution < 1.29 is 62.2 Å². The van der Waals surface area contributed by atoms with E-state index in [2.05, 4.69) is 92.4 Å². The highest BCUT2D eigenvalue weighted by Crippen LogP contribution is 2.52. The highest BCUT2D eigenvalue weighted by Gasteiger charge is 2.53. The van der Waals surface area contributed by atoms with Crippen LogP contribution in [0.15, 0.2) is 163 Å². The van der Waals surface area contributed by atoms with Gasteiger partial charge in [-0.2, -0.15) is 19.9 Å². The first kappa shape index (κ1) is 93.7. The molecule has 0 radical (unpaired) electrons. The molecule has 4 spiro atoms. The van der Waals surface area contributed by atoms with E-state index in [9.17, 15) is 43.3 Å². The Balaban J connectivity index is 0.000000122. The number of rotatable bonds is 15. The van der Waals surface area contributed by atoms with Gasteiger partial charge in [0.05, 0.1) is 44.0 Å². The van der Waals surface area contributed by atoms with Crippen LogP contribution < -0.4 is 61.9 Å². The van der Waals surface area contributed by atoms with Crippen LogP contribution in [0.3, 0.4) is 0 Å². The number of ether oxygens (including phenoxy) is 4. The molecular formula is C87H104N32O14S4. The first-order chi connectivity index (χ1) is 65.5. The number of nitrogens with zero attached hydrogens (tertiary/aromatic N) is 24. The average molecular weight is 1950 g/mol. The van der Waals surface area contributed by atoms with Crippen LogP contribution in [0.1, 0.15) is 176 Å². The molecule has 12 aromatic rings. The fourth-order valence-electron chi connectivity index (χ4n) is 19.4. The van der Waals surface area contributed by atoms with Crippen LogP contribution in [-0.2, 0) is 90.8 Å². The third-order valence-corrected chi connectivity index (χ3v) is 29.2. The molecule has 46 nitrogen and oxygen atoms in total. The molecular weight excluding hydrogens is 1850 g/mol. The maximum absolute atomic E-state index is 12.1. The first-order valence-corrected chi connectivity index (χ1v) is 51.2. The summed E-state index contributed by atoms with van der Waals surface area (Å²) >= 11 is 0. The number of sulfonamides is 4. The monoisotopic (exact) mass is 1950 g/mol. The van der Waals surface area contributed by atoms with Crippen molar-refractivity contribution in [2.45, 2.75) is 230 Å². The van der Waals surface area contributed by atoms with Crippen LogP contribution in [0.5, 0.6) is 0 Å². The van der Waals surface area contributed by atoms with Gasteiger partial charge in [-0.15, -0.1) is 20.4 Å². The van der Waals surface area contributed by atoms with E-state index >= 15 is 0 Å². The number of methoxy groups -OCH3 is 2. The van der Waals surface area contributed by atoms with Crippen molar-refractivity contribution in [1.29, 1.82) is 0 Å². The summed E-state index contributed by atoms with van der Waals surface area (Å²) in [6.07, 6.45) is 33.8. The molecule has 0 amide bonds. The lowest BCUT2D eigenvalue weighted by Crippen LogP contribution is -2.51. The minimum absolute atomic E-state index is 0.00616. The number of anilines is 12. The summed E-state index contributed by atoms with van der Waals surface area (Å²) < 4.78 is 124. The van der Waals surface area contributed by atoms with Gasteiger partial charge in [-0.05, 0) is 158 Å². The van der Waals surface area contributed by atoms with Crippen molar-refractivity contribution in [3.63, 3.8) is 0 Å². The summed E-state index contributed by atoms with van der Waals surface area (Å²) in [5.74, 6) is 7.22. The number of pyridine rings is 4. The molecule has 0 unspecified atom stereocenters. The molecule has 50 heteroatoms. The van der Waals surface area contributed by atoms with Crippen LogP contribution >= 0.6 is 0 Å². The first-order valence-electron chi connectivity index (χ1n) is 45.0. The van der Waals surface area contributed by atoms with E-state index in [4.69, 9.17) is 79.8 Å². The standard InChI is InChI=1S/C23H26N8O4S.C23H28N8O4S.C21H26N8O3S.C20H24N8O3S/c1-14(32)35-21-23(9-3-2-4-10-23)30-19(31(29-21)16-5-6-16)11-15-12-26-22(28-20(15)30)27-18-8-7-17(13-25-18)36(24,33)34;1-14(2)31-19-11-16-12-26-22(27-18-8-7-17(13-25-18)36(24,33)34)28-20(16)30(19)23(9-5-4-6-10-23)21(29-31)35-15(3)32;1-3-28-17-11-14-12-24-20(25-15-7-8-16(23-13-15)33(22,30)31)26-18(14)29(17)21(19(27-28)32-2)9-5-4-6-10-21;1-27-16-10-13-11-23-19(24-14-6-7-15(22-12-14)32(21,29)30)25-17(13)28(16)20(18(26-27)31-2)8-4-3-5-9-20/h7-8,11-13,16H,2-6,9-10H2,1H3,(H2,24,33,34)(H,25,26,27,28);7-8,11-14H,4-6,9-10H2,1-3H3,(H2,24,33,34)(H,25,26,27,28);7-8,11-13H,3-6,9-10H2,1-2H3,(H2,22,30,31)(H,24,25,26);6-7,10-12H,3-5,8-9H2,1-2H3,(H2,21,29,30)(H,23,24,25). The molecule has 0 aromatic carbocycles. The van der Waals surface area contributed by atoms with Crippen molar-refractivity contribution >= 4 is 190 Å². The minimum Gasteiger partial charge on any atom is -0.481 e. The number of hydrogen-bond acceptors (Lipinski definition) is 38. The number of hydrogen-bond donors (Lipinski definition) is 8. The fourth-order valence-corrected chi connectivity index (χ4v) is 21.3. The molecule has 0 bridgehead atoms. The summed E-state index contributed by atoms with van der Waals surface area (Å²) in [6.45, 7) is 9.58. The second-order valence-corrected chi connectivity index (χ2v) is 41.4. The molecule has 5 saturated carbocycles. The fraction of sp³-hybridized carbons (Fsp3) is 0.425. The smallest absolute Gasteiger partial charge is 0.309 e. The Morgan fingerprint density at radius 3 is 1.12 bits per heavy atom. The zero-order valence-corrected chi connectivity index (χ0v) is 79.6. The molecule has 0 saturated heterocycles. The Bertz CT molecular complexity index is 7090. The van der Waals surface area contributed by atoms with Gasteiger partial charge < -0.3 is 40.2 Å². The molecule has 4 aliphatic heterocycles. The van der Waals surface area contributed by atoms with Crippen molar-refractivity contribution in [3.8, 4) is 0 Å². The Morgan fingerprint density at radius 2 is 0.766 bits per heavy atom. The van der Waals surface area contributed by atoms with E-state index in [0.717, 1.165) is 185 Å². The second-order valence-electron chi connectivity index (χ2n) is 35.3. The predicted molar refractivity (Wildman–Crippen MR) is 512 cm³/mol. The Morgan fingerprint density at radius 1 is 0.409 bits per heavy atom. The maximum Gasteiger partial charge on any atom is 0.309 e. The normalized spacial score (nSPS) is 18.0. The summed E-state index contributed by atoms with van der Waals surface area (Å²) in [4.78, 5) is 77.0. The minimum atomic E-state index is -3.86. The molecule has 5 fully saturated rings. The lowest BCUT2D eigenvalue weighted by molar-refractivity contribution is -0.134. The molecule has 21 rings (SSSR count). The quantitative estimate of drug-likeness (QED) is 0.0442. The van der Waals surface area contributed by atoms with Crippen molar-refractivity contribution in [2.24, 2.45) is 41.0 Å².